The molecule has 1 aliphatic heterocycles. The summed E-state index contributed by atoms with van der Waals surface area (Å²) in [6, 6.07) is -3.61. The highest BCUT2D eigenvalue weighted by Crippen LogP contribution is 2.29. The van der Waals surface area contributed by atoms with Crippen LogP contribution in [0.5, 0.6) is 0 Å². The zero-order valence-electron chi connectivity index (χ0n) is 7.40. The number of rotatable bonds is 2. The Bertz CT molecular complexity index is 230. The van der Waals surface area contributed by atoms with Crippen molar-refractivity contribution >= 4 is 5.91 Å². The van der Waals surface area contributed by atoms with Gasteiger partial charge in [0, 0.05) is 6.54 Å². The Labute approximate surface area is 73.9 Å². The lowest BCUT2D eigenvalue weighted by Crippen LogP contribution is -2.48. The minimum Gasteiger partial charge on any atom is -0.283 e. The molecule has 0 atom stereocenters. The van der Waals surface area contributed by atoms with E-state index in [1.807, 2.05) is 5.43 Å². The number of alkyl halides is 3. The number of hydrogen-bond acceptors (Lipinski definition) is 2. The van der Waals surface area contributed by atoms with Gasteiger partial charge in [0.05, 0.1) is 5.41 Å². The molecule has 0 unspecified atom stereocenters. The third-order valence-corrected chi connectivity index (χ3v) is 1.96. The van der Waals surface area contributed by atoms with Gasteiger partial charge in [-0.3, -0.25) is 10.2 Å². The van der Waals surface area contributed by atoms with E-state index in [4.69, 9.17) is 0 Å². The first-order valence-corrected chi connectivity index (χ1v) is 3.82. The third-order valence-electron chi connectivity index (χ3n) is 1.96. The van der Waals surface area contributed by atoms with Gasteiger partial charge in [-0.1, -0.05) is 0 Å². The van der Waals surface area contributed by atoms with Gasteiger partial charge in [0.1, 0.15) is 0 Å². The summed E-state index contributed by atoms with van der Waals surface area (Å²) >= 11 is 0. The maximum absolute atomic E-state index is 12.7. The van der Waals surface area contributed by atoms with Crippen molar-refractivity contribution in [3.05, 3.63) is 0 Å². The van der Waals surface area contributed by atoms with Gasteiger partial charge in [-0.15, -0.1) is 0 Å². The second-order valence-electron chi connectivity index (χ2n) is 3.71. The average Bonchev–Trinajstić information content (AvgIpc) is 2.28. The number of carbonyl (C=O) groups excluding carboxylic acids is 1. The van der Waals surface area contributed by atoms with Crippen LogP contribution in [0.3, 0.4) is 0 Å². The summed E-state index contributed by atoms with van der Waals surface area (Å²) in [5, 5.41) is 0.343. The molecule has 0 saturated carbocycles. The Morgan fingerprint density at radius 3 is 2.46 bits per heavy atom. The largest absolute Gasteiger partial charge is 0.348 e. The van der Waals surface area contributed by atoms with Crippen LogP contribution in [0, 0.1) is 5.41 Å². The monoisotopic (exact) mass is 196 g/mol. The van der Waals surface area contributed by atoms with Gasteiger partial charge in [0.25, 0.3) is 0 Å². The molecule has 0 bridgehead atoms. The fraction of sp³-hybridized carbons (Fsp3) is 0.857. The number of amides is 1. The molecule has 1 rings (SSSR count). The Morgan fingerprint density at radius 2 is 2.15 bits per heavy atom. The van der Waals surface area contributed by atoms with E-state index >= 15 is 0 Å². The number of hydrogen-bond donors (Lipinski definition) is 1. The predicted octanol–water partition coefficient (Wildman–Crippen LogP) is 0.922. The highest BCUT2D eigenvalue weighted by Gasteiger charge is 2.48. The summed E-state index contributed by atoms with van der Waals surface area (Å²) in [6.07, 6.45) is 0. The quantitative estimate of drug-likeness (QED) is 0.666. The fourth-order valence-electron chi connectivity index (χ4n) is 1.05. The zero-order chi connectivity index (χ0) is 10.3. The van der Waals surface area contributed by atoms with Crippen molar-refractivity contribution in [2.24, 2.45) is 5.41 Å². The number of carbonyl (C=O) groups is 1. The van der Waals surface area contributed by atoms with Crippen LogP contribution in [0.25, 0.3) is 0 Å². The normalized spacial score (nSPS) is 23.3. The van der Waals surface area contributed by atoms with Crippen LogP contribution in [-0.2, 0) is 4.79 Å². The summed E-state index contributed by atoms with van der Waals surface area (Å²) in [6.45, 7) is 1.05. The van der Waals surface area contributed by atoms with E-state index in [9.17, 15) is 18.0 Å². The zero-order valence-corrected chi connectivity index (χ0v) is 7.40. The second-order valence-corrected chi connectivity index (χ2v) is 3.71. The maximum atomic E-state index is 12.7. The van der Waals surface area contributed by atoms with Gasteiger partial charge in [-0.2, -0.15) is 13.8 Å². The molecule has 1 fully saturated rings. The Hall–Kier alpha value is -0.780. The minimum absolute atomic E-state index is 0.192. The Morgan fingerprint density at radius 1 is 1.62 bits per heavy atom. The van der Waals surface area contributed by atoms with Crippen molar-refractivity contribution in [2.45, 2.75) is 19.9 Å². The van der Waals surface area contributed by atoms with Crippen LogP contribution in [0.2, 0.25) is 0 Å². The van der Waals surface area contributed by atoms with Gasteiger partial charge in [0.2, 0.25) is 5.91 Å². The average molecular weight is 196 g/mol. The van der Waals surface area contributed by atoms with Crippen molar-refractivity contribution in [2.75, 3.05) is 13.2 Å². The molecule has 0 spiro atoms. The second kappa shape index (κ2) is 2.87. The van der Waals surface area contributed by atoms with Gasteiger partial charge < -0.3 is 0 Å². The molecule has 1 aliphatic rings. The van der Waals surface area contributed by atoms with Crippen molar-refractivity contribution in [3.63, 3.8) is 0 Å². The lowest BCUT2D eigenvalue weighted by atomic mass is 9.94. The summed E-state index contributed by atoms with van der Waals surface area (Å²) in [4.78, 5) is 11.1. The van der Waals surface area contributed by atoms with Crippen molar-refractivity contribution < 1.29 is 18.0 Å². The Balaban J connectivity index is 2.75. The molecule has 1 heterocycles. The molecule has 1 amide bonds. The van der Waals surface area contributed by atoms with Crippen LogP contribution in [0.15, 0.2) is 0 Å². The van der Waals surface area contributed by atoms with Gasteiger partial charge in [-0.05, 0) is 13.8 Å². The first-order chi connectivity index (χ1) is 5.79. The molecule has 6 heteroatoms. The van der Waals surface area contributed by atoms with Crippen molar-refractivity contribution in [1.82, 2.24) is 10.4 Å². The molecule has 1 N–H and O–H groups in total. The van der Waals surface area contributed by atoms with E-state index in [0.717, 1.165) is 0 Å². The molecule has 0 aromatic carbocycles. The van der Waals surface area contributed by atoms with E-state index in [1.54, 1.807) is 0 Å². The number of hydrazine groups is 1. The van der Waals surface area contributed by atoms with Crippen LogP contribution in [0.1, 0.15) is 13.8 Å². The lowest BCUT2D eigenvalue weighted by molar-refractivity contribution is -0.173. The molecular weight excluding hydrogens is 185 g/mol. The van der Waals surface area contributed by atoms with E-state index in [2.05, 4.69) is 0 Å². The summed E-state index contributed by atoms with van der Waals surface area (Å²) in [5.41, 5.74) is 1.05. The highest BCUT2D eigenvalue weighted by atomic mass is 19.3. The highest BCUT2D eigenvalue weighted by molar-refractivity contribution is 5.83. The molecule has 0 aromatic heterocycles. The molecule has 3 nitrogen and oxygen atoms in total. The van der Waals surface area contributed by atoms with Crippen LogP contribution in [0.4, 0.5) is 13.2 Å². The van der Waals surface area contributed by atoms with Crippen molar-refractivity contribution in [1.29, 1.82) is 0 Å². The minimum atomic E-state index is -3.61. The molecule has 13 heavy (non-hydrogen) atoms. The number of nitrogens with one attached hydrogen (secondary N) is 1. The van der Waals surface area contributed by atoms with Gasteiger partial charge >= 0.3 is 6.05 Å². The fourth-order valence-corrected chi connectivity index (χ4v) is 1.05. The molecule has 1 saturated heterocycles. The number of halogens is 3. The van der Waals surface area contributed by atoms with E-state index in [1.165, 1.54) is 13.8 Å². The van der Waals surface area contributed by atoms with Gasteiger partial charge in [0.15, 0.2) is 6.67 Å². The van der Waals surface area contributed by atoms with Crippen LogP contribution in [-0.4, -0.2) is 30.2 Å². The third kappa shape index (κ3) is 1.77. The SMILES string of the molecule is CC1(C)CN(C(F)(F)CF)NC1=O. The van der Waals surface area contributed by atoms with Crippen LogP contribution < -0.4 is 5.43 Å². The molecule has 0 aromatic rings. The van der Waals surface area contributed by atoms with E-state index < -0.39 is 24.0 Å². The van der Waals surface area contributed by atoms with Crippen LogP contribution >= 0.6 is 0 Å². The molecule has 76 valence electrons. The lowest BCUT2D eigenvalue weighted by Gasteiger charge is -2.24. The van der Waals surface area contributed by atoms with E-state index in [-0.39, 0.29) is 6.54 Å². The Kier molecular flexibility index (Phi) is 2.27. The molecule has 0 aliphatic carbocycles. The van der Waals surface area contributed by atoms with Crippen molar-refractivity contribution in [3.8, 4) is 0 Å². The topological polar surface area (TPSA) is 32.3 Å². The predicted molar refractivity (Wildman–Crippen MR) is 39.6 cm³/mol. The van der Waals surface area contributed by atoms with E-state index in [0.29, 0.717) is 5.01 Å². The summed E-state index contributed by atoms with van der Waals surface area (Å²) < 4.78 is 37.3. The summed E-state index contributed by atoms with van der Waals surface area (Å²) in [5.74, 6) is -0.513. The maximum Gasteiger partial charge on any atom is 0.348 e. The number of nitrogens with zero attached hydrogens (tertiary/aromatic N) is 1. The van der Waals surface area contributed by atoms with Gasteiger partial charge in [-0.25, -0.2) is 4.39 Å². The smallest absolute Gasteiger partial charge is 0.283 e. The summed E-state index contributed by atoms with van der Waals surface area (Å²) in [7, 11) is 0. The molecule has 0 radical (unpaired) electrons. The first-order valence-electron chi connectivity index (χ1n) is 3.82. The molecular formula is C7H11F3N2O. The standard InChI is InChI=1S/C7H11F3N2O/c1-6(2)4-12(11-5(6)13)7(9,10)3-8/h3-4H2,1-2H3,(H,11,13). The first kappa shape index (κ1) is 10.3.